The Hall–Kier alpha value is -2.60. The molecule has 6 heteroatoms. The van der Waals surface area contributed by atoms with Gasteiger partial charge < -0.3 is 5.11 Å². The molecular weight excluding hydrogens is 396 g/mol. The van der Waals surface area contributed by atoms with Crippen LogP contribution in [0.15, 0.2) is 53.8 Å². The molecule has 3 aromatic rings. The molecule has 158 valence electrons. The summed E-state index contributed by atoms with van der Waals surface area (Å²) in [4.78, 5) is 29.2. The summed E-state index contributed by atoms with van der Waals surface area (Å²) in [7, 11) is 0. The van der Waals surface area contributed by atoms with Gasteiger partial charge in [0.15, 0.2) is 5.16 Å². The molecule has 2 aromatic carbocycles. The van der Waals surface area contributed by atoms with Crippen LogP contribution < -0.4 is 0 Å². The molecule has 3 rings (SSSR count). The molecule has 1 atom stereocenters. The van der Waals surface area contributed by atoms with Gasteiger partial charge in [0.25, 0.3) is 0 Å². The number of carboxylic acid groups (broad SMARTS) is 1. The van der Waals surface area contributed by atoms with Crippen LogP contribution in [0.25, 0.3) is 16.5 Å². The number of carbonyl (C=O) groups is 2. The Kier molecular flexibility index (Phi) is 6.36. The Morgan fingerprint density at radius 2 is 1.80 bits per heavy atom. The SMILES string of the molecule is Cc1cnc(SC(C)(C)C(=O)CC(C(=O)O)C(C)C)n1-c1cccc2ccccc12. The molecule has 0 saturated carbocycles. The third kappa shape index (κ3) is 4.43. The summed E-state index contributed by atoms with van der Waals surface area (Å²) in [6.07, 6.45) is 1.82. The highest BCUT2D eigenvalue weighted by atomic mass is 32.2. The second-order valence-corrected chi connectivity index (χ2v) is 10.0. The van der Waals surface area contributed by atoms with E-state index in [-0.39, 0.29) is 18.1 Å². The number of hydrogen-bond donors (Lipinski definition) is 1. The Morgan fingerprint density at radius 1 is 1.13 bits per heavy atom. The minimum atomic E-state index is -0.924. The zero-order valence-corrected chi connectivity index (χ0v) is 18.9. The van der Waals surface area contributed by atoms with Gasteiger partial charge in [-0.2, -0.15) is 0 Å². The predicted octanol–water partition coefficient (Wildman–Crippen LogP) is 5.52. The van der Waals surface area contributed by atoms with Gasteiger partial charge in [-0.15, -0.1) is 0 Å². The summed E-state index contributed by atoms with van der Waals surface area (Å²) >= 11 is 1.38. The molecule has 0 radical (unpaired) electrons. The first-order valence-electron chi connectivity index (χ1n) is 10.1. The number of ketones is 1. The molecule has 0 fully saturated rings. The van der Waals surface area contributed by atoms with Gasteiger partial charge in [0.05, 0.1) is 16.4 Å². The lowest BCUT2D eigenvalue weighted by molar-refractivity contribution is -0.145. The van der Waals surface area contributed by atoms with E-state index < -0.39 is 16.6 Å². The lowest BCUT2D eigenvalue weighted by Crippen LogP contribution is -2.33. The van der Waals surface area contributed by atoms with Crippen molar-refractivity contribution in [2.24, 2.45) is 11.8 Å². The molecule has 5 nitrogen and oxygen atoms in total. The van der Waals surface area contributed by atoms with Gasteiger partial charge in [-0.3, -0.25) is 14.2 Å². The number of Topliss-reactive ketones (excluding diaryl/α,β-unsaturated/α-hetero) is 1. The van der Waals surface area contributed by atoms with Crippen LogP contribution in [-0.2, 0) is 9.59 Å². The van der Waals surface area contributed by atoms with Crippen molar-refractivity contribution in [2.45, 2.75) is 50.9 Å². The number of carboxylic acids is 1. The van der Waals surface area contributed by atoms with Crippen LogP contribution in [0.5, 0.6) is 0 Å². The smallest absolute Gasteiger partial charge is 0.307 e. The number of aromatic nitrogens is 2. The van der Waals surface area contributed by atoms with Gasteiger partial charge in [-0.1, -0.05) is 62.0 Å². The van der Waals surface area contributed by atoms with Crippen molar-refractivity contribution in [1.82, 2.24) is 9.55 Å². The first-order chi connectivity index (χ1) is 14.1. The molecule has 1 unspecified atom stereocenters. The predicted molar refractivity (Wildman–Crippen MR) is 121 cm³/mol. The van der Waals surface area contributed by atoms with E-state index in [2.05, 4.69) is 33.8 Å². The van der Waals surface area contributed by atoms with E-state index in [0.29, 0.717) is 0 Å². The normalized spacial score (nSPS) is 13.0. The summed E-state index contributed by atoms with van der Waals surface area (Å²) in [6.45, 7) is 9.35. The fraction of sp³-hybridized carbons (Fsp3) is 0.375. The molecule has 0 aliphatic heterocycles. The van der Waals surface area contributed by atoms with Crippen LogP contribution in [0, 0.1) is 18.8 Å². The molecule has 0 saturated heterocycles. The summed E-state index contributed by atoms with van der Waals surface area (Å²) in [5.41, 5.74) is 1.99. The van der Waals surface area contributed by atoms with Crippen molar-refractivity contribution in [1.29, 1.82) is 0 Å². The van der Waals surface area contributed by atoms with Crippen molar-refractivity contribution in [3.8, 4) is 5.69 Å². The van der Waals surface area contributed by atoms with Gasteiger partial charge >= 0.3 is 5.97 Å². The number of rotatable bonds is 8. The summed E-state index contributed by atoms with van der Waals surface area (Å²) < 4.78 is 1.27. The second-order valence-electron chi connectivity index (χ2n) is 8.44. The zero-order chi connectivity index (χ0) is 22.1. The lowest BCUT2D eigenvalue weighted by Gasteiger charge is -2.25. The molecule has 0 aliphatic rings. The molecule has 0 aliphatic carbocycles. The number of nitrogens with zero attached hydrogens (tertiary/aromatic N) is 2. The van der Waals surface area contributed by atoms with Crippen molar-refractivity contribution >= 4 is 34.3 Å². The average molecular weight is 425 g/mol. The van der Waals surface area contributed by atoms with Crippen LogP contribution in [0.4, 0.5) is 0 Å². The van der Waals surface area contributed by atoms with E-state index in [4.69, 9.17) is 0 Å². The Balaban J connectivity index is 1.95. The third-order valence-electron chi connectivity index (χ3n) is 5.46. The van der Waals surface area contributed by atoms with Crippen LogP contribution in [-0.4, -0.2) is 31.2 Å². The highest BCUT2D eigenvalue weighted by molar-refractivity contribution is 8.01. The molecular formula is C24H28N2O3S. The number of aryl methyl sites for hydroxylation is 1. The summed E-state index contributed by atoms with van der Waals surface area (Å²) in [5.74, 6) is -1.80. The molecule has 30 heavy (non-hydrogen) atoms. The maximum atomic E-state index is 13.0. The highest BCUT2D eigenvalue weighted by Gasteiger charge is 2.35. The van der Waals surface area contributed by atoms with Crippen molar-refractivity contribution in [2.75, 3.05) is 0 Å². The first-order valence-corrected chi connectivity index (χ1v) is 10.9. The minimum absolute atomic E-state index is 0.0148. The fourth-order valence-electron chi connectivity index (χ4n) is 3.52. The maximum absolute atomic E-state index is 13.0. The van der Waals surface area contributed by atoms with Gasteiger partial charge in [-0.25, -0.2) is 4.98 Å². The topological polar surface area (TPSA) is 72.2 Å². The zero-order valence-electron chi connectivity index (χ0n) is 18.0. The number of aliphatic carboxylic acids is 1. The molecule has 0 bridgehead atoms. The highest BCUT2D eigenvalue weighted by Crippen LogP contribution is 2.37. The molecule has 1 heterocycles. The first kappa shape index (κ1) is 22.1. The van der Waals surface area contributed by atoms with Crippen molar-refractivity contribution in [3.63, 3.8) is 0 Å². The average Bonchev–Trinajstić information content (AvgIpc) is 3.04. The standard InChI is InChI=1S/C24H28N2O3S/c1-15(2)19(22(28)29)13-21(27)24(4,5)30-23-25-14-16(3)26(23)20-12-8-10-17-9-6-7-11-18(17)20/h6-12,14-15,19H,13H2,1-5H3,(H,28,29). The Morgan fingerprint density at radius 3 is 2.47 bits per heavy atom. The monoisotopic (exact) mass is 424 g/mol. The summed E-state index contributed by atoms with van der Waals surface area (Å²) in [6, 6.07) is 14.3. The molecule has 1 aromatic heterocycles. The van der Waals surface area contributed by atoms with E-state index in [0.717, 1.165) is 27.3 Å². The van der Waals surface area contributed by atoms with E-state index in [1.54, 1.807) is 6.20 Å². The number of imidazole rings is 1. The molecule has 1 N–H and O–H groups in total. The van der Waals surface area contributed by atoms with Crippen LogP contribution in [0.2, 0.25) is 0 Å². The van der Waals surface area contributed by atoms with Crippen molar-refractivity contribution < 1.29 is 14.7 Å². The quantitative estimate of drug-likeness (QED) is 0.482. The largest absolute Gasteiger partial charge is 0.481 e. The number of thioether (sulfide) groups is 1. The summed E-state index contributed by atoms with van der Waals surface area (Å²) in [5, 5.41) is 12.4. The number of benzene rings is 2. The van der Waals surface area contributed by atoms with E-state index in [1.165, 1.54) is 11.8 Å². The van der Waals surface area contributed by atoms with Crippen LogP contribution >= 0.6 is 11.8 Å². The number of carbonyl (C=O) groups excluding carboxylic acids is 1. The molecule has 0 spiro atoms. The molecule has 0 amide bonds. The Bertz CT molecular complexity index is 1080. The second kappa shape index (κ2) is 8.64. The lowest BCUT2D eigenvalue weighted by atomic mass is 9.88. The number of fused-ring (bicyclic) bond motifs is 1. The Labute approximate surface area is 181 Å². The van der Waals surface area contributed by atoms with Crippen LogP contribution in [0.1, 0.15) is 39.8 Å². The van der Waals surface area contributed by atoms with E-state index in [9.17, 15) is 14.7 Å². The van der Waals surface area contributed by atoms with Crippen LogP contribution in [0.3, 0.4) is 0 Å². The van der Waals surface area contributed by atoms with Gasteiger partial charge in [0.1, 0.15) is 5.78 Å². The number of hydrogen-bond acceptors (Lipinski definition) is 4. The maximum Gasteiger partial charge on any atom is 0.307 e. The third-order valence-corrected chi connectivity index (χ3v) is 6.67. The van der Waals surface area contributed by atoms with E-state index >= 15 is 0 Å². The minimum Gasteiger partial charge on any atom is -0.481 e. The van der Waals surface area contributed by atoms with Gasteiger partial charge in [0, 0.05) is 23.7 Å². The van der Waals surface area contributed by atoms with E-state index in [1.807, 2.05) is 52.8 Å². The van der Waals surface area contributed by atoms with Gasteiger partial charge in [-0.05, 0) is 38.1 Å². The fourth-order valence-corrected chi connectivity index (χ4v) is 4.61. The van der Waals surface area contributed by atoms with Gasteiger partial charge in [0.2, 0.25) is 0 Å². The van der Waals surface area contributed by atoms with Crippen molar-refractivity contribution in [3.05, 3.63) is 54.4 Å².